The molecule has 1 aliphatic carbocycles. The van der Waals surface area contributed by atoms with E-state index in [1.807, 2.05) is 0 Å². The molecule has 4 heteroatoms. The fourth-order valence-electron chi connectivity index (χ4n) is 0.874. The molecule has 0 N–H and O–H groups in total. The van der Waals surface area contributed by atoms with Crippen molar-refractivity contribution in [1.82, 2.24) is 0 Å². The Kier molecular flexibility index (Phi) is 24.6. The van der Waals surface area contributed by atoms with Crippen LogP contribution in [0.5, 0.6) is 0 Å². The van der Waals surface area contributed by atoms with Crippen LogP contribution in [0.4, 0.5) is 0 Å². The van der Waals surface area contributed by atoms with Crippen molar-refractivity contribution in [2.45, 2.75) is 25.7 Å². The minimum Gasteiger partial charge on any atom is -1.00 e. The van der Waals surface area contributed by atoms with Crippen LogP contribution in [-0.4, -0.2) is 4.82 Å². The van der Waals surface area contributed by atoms with Crippen LogP contribution >= 0.6 is 0 Å². The van der Waals surface area contributed by atoms with E-state index in [9.17, 15) is 0 Å². The van der Waals surface area contributed by atoms with E-state index in [4.69, 9.17) is 4.79 Å². The van der Waals surface area contributed by atoms with Gasteiger partial charge in [-0.05, 0) is 25.7 Å². The van der Waals surface area contributed by atoms with Gasteiger partial charge < -0.3 is 9.41 Å². The molecule has 0 heterocycles. The largest absolute Gasteiger partial charge is 1.00 e. The van der Waals surface area contributed by atoms with Crippen molar-refractivity contribution >= 4 is 4.82 Å². The van der Waals surface area contributed by atoms with E-state index >= 15 is 0 Å². The van der Waals surface area contributed by atoms with Gasteiger partial charge in [-0.1, -0.05) is 24.3 Å². The topological polar surface area (TPSA) is 17.1 Å². The first-order valence-electron chi connectivity index (χ1n) is 3.69. The van der Waals surface area contributed by atoms with Crippen molar-refractivity contribution in [2.75, 3.05) is 0 Å². The summed E-state index contributed by atoms with van der Waals surface area (Å²) >= 11 is 3.02. The molecule has 0 aliphatic heterocycles. The fourth-order valence-corrected chi connectivity index (χ4v) is 0.874. The van der Waals surface area contributed by atoms with Crippen LogP contribution < -0.4 is 9.41 Å². The second-order valence-corrected chi connectivity index (χ2v) is 2.42. The normalized spacial score (nSPS) is 12.9. The molecule has 0 aromatic carbocycles. The van der Waals surface area contributed by atoms with Gasteiger partial charge in [0.15, 0.2) is 0 Å². The fraction of sp³-hybridized carbons (Fsp3) is 0.444. The summed E-state index contributed by atoms with van der Waals surface area (Å²) < 4.78 is 0. The van der Waals surface area contributed by atoms with E-state index in [0.29, 0.717) is 0 Å². The molecule has 0 unspecified atom stereocenters. The van der Waals surface area contributed by atoms with Crippen LogP contribution in [0.2, 0.25) is 0 Å². The molecule has 1 aliphatic rings. The van der Waals surface area contributed by atoms with Crippen molar-refractivity contribution in [3.05, 3.63) is 24.3 Å². The Morgan fingerprint density at radius 3 is 1.62 bits per heavy atom. The van der Waals surface area contributed by atoms with Gasteiger partial charge in [0.05, 0.1) is 0 Å². The number of hydrogen-bond acceptors (Lipinski definition) is 1. The van der Waals surface area contributed by atoms with E-state index in [-0.39, 0.29) is 9.41 Å². The summed E-state index contributed by atoms with van der Waals surface area (Å²) in [6.07, 6.45) is 14.0. The van der Waals surface area contributed by atoms with Gasteiger partial charge in [-0.15, -0.1) is 0 Å². The van der Waals surface area contributed by atoms with Gasteiger partial charge >= 0.3 is 24.9 Å². The second kappa shape index (κ2) is 17.5. The van der Waals surface area contributed by atoms with Crippen LogP contribution in [0, 0.1) is 0 Å². The molecule has 0 amide bonds. The maximum atomic E-state index is 8.54. The summed E-state index contributed by atoms with van der Waals surface area (Å²) in [5, 5.41) is 0. The number of carbonyl (C=O) groups excluding carboxylic acids is 1. The zero-order valence-corrected chi connectivity index (χ0v) is 8.18. The quantitative estimate of drug-likeness (QED) is 0.420. The number of hydrogen-bond donors (Lipinski definition) is 0. The molecular weight excluding hydrogens is 221 g/mol. The van der Waals surface area contributed by atoms with E-state index in [2.05, 4.69) is 39.6 Å². The first-order valence-corrected chi connectivity index (χ1v) is 4.21. The molecule has 1 nitrogen and oxygen atoms in total. The molecule has 13 heavy (non-hydrogen) atoms. The van der Waals surface area contributed by atoms with Crippen molar-refractivity contribution < 1.29 is 29.5 Å². The third-order valence-electron chi connectivity index (χ3n) is 1.37. The Labute approximate surface area is 84.8 Å². The Hall–Kier alpha value is -0.574. The molecular formula is C9H12CoF2O. The van der Waals surface area contributed by atoms with Crippen molar-refractivity contribution in [3.63, 3.8) is 0 Å². The van der Waals surface area contributed by atoms with Gasteiger partial charge in [0, 0.05) is 0 Å². The number of allylic oxidation sites excluding steroid dienone is 4. The maximum Gasteiger partial charge on any atom is -1.00 e. The molecule has 1 rings (SSSR count). The van der Waals surface area contributed by atoms with E-state index in [1.165, 1.54) is 30.5 Å². The predicted molar refractivity (Wildman–Crippen MR) is 42.4 cm³/mol. The molecule has 0 aromatic rings. The molecule has 0 atom stereocenters. The Balaban J connectivity index is -0.000000180. The molecule has 0 fully saturated rings. The van der Waals surface area contributed by atoms with E-state index in [1.54, 1.807) is 0 Å². The van der Waals surface area contributed by atoms with Gasteiger partial charge in [-0.25, -0.2) is 0 Å². The van der Waals surface area contributed by atoms with Gasteiger partial charge in [0.25, 0.3) is 0 Å². The number of rotatable bonds is 0. The van der Waals surface area contributed by atoms with E-state index < -0.39 is 0 Å². The van der Waals surface area contributed by atoms with Gasteiger partial charge in [-0.3, -0.25) is 0 Å². The third kappa shape index (κ3) is 18.4. The number of halogens is 2. The Morgan fingerprint density at radius 2 is 1.31 bits per heavy atom. The van der Waals surface area contributed by atoms with Crippen molar-refractivity contribution in [1.29, 1.82) is 0 Å². The summed E-state index contributed by atoms with van der Waals surface area (Å²) in [6.45, 7) is 0. The summed E-state index contributed by atoms with van der Waals surface area (Å²) in [7, 11) is 0. The minimum atomic E-state index is 0. The molecule has 0 aromatic heterocycles. The minimum absolute atomic E-state index is 0. The van der Waals surface area contributed by atoms with Crippen molar-refractivity contribution in [2.24, 2.45) is 0 Å². The Morgan fingerprint density at radius 1 is 1.00 bits per heavy atom. The van der Waals surface area contributed by atoms with Crippen LogP contribution in [-0.2, 0) is 20.1 Å². The molecule has 77 valence electrons. The molecule has 0 bridgehead atoms. The third-order valence-corrected chi connectivity index (χ3v) is 1.37. The zero-order chi connectivity index (χ0) is 8.36. The van der Waals surface area contributed by atoms with Crippen LogP contribution in [0.25, 0.3) is 0 Å². The molecule has 0 spiro atoms. The van der Waals surface area contributed by atoms with Crippen LogP contribution in [0.15, 0.2) is 24.3 Å². The Bertz CT molecular complexity index is 158. The van der Waals surface area contributed by atoms with Crippen molar-refractivity contribution in [3.8, 4) is 0 Å². The maximum absolute atomic E-state index is 8.54. The summed E-state index contributed by atoms with van der Waals surface area (Å²) in [4.78, 5) is 9.73. The van der Waals surface area contributed by atoms with Gasteiger partial charge in [0.1, 0.15) is 0 Å². The predicted octanol–water partition coefficient (Wildman–Crippen LogP) is -3.72. The first-order chi connectivity index (χ1) is 5.41. The first kappa shape index (κ1) is 18.3. The monoisotopic (exact) mass is 233 g/mol. The summed E-state index contributed by atoms with van der Waals surface area (Å²) in [6, 6.07) is 0. The van der Waals surface area contributed by atoms with E-state index in [0.717, 1.165) is 0 Å². The van der Waals surface area contributed by atoms with Crippen LogP contribution in [0.3, 0.4) is 0 Å². The molecule has 0 radical (unpaired) electrons. The smallest absolute Gasteiger partial charge is 1.00 e. The summed E-state index contributed by atoms with van der Waals surface area (Å²) in [5.74, 6) is 0. The van der Waals surface area contributed by atoms with Gasteiger partial charge in [0.2, 0.25) is 0 Å². The van der Waals surface area contributed by atoms with Crippen LogP contribution in [0.1, 0.15) is 25.7 Å². The zero-order valence-electron chi connectivity index (χ0n) is 7.14. The SMILES string of the molecule is C1=CCCCCC=C1.O=[C]=[Co+2].[F-].[F-]. The average molecular weight is 233 g/mol. The summed E-state index contributed by atoms with van der Waals surface area (Å²) in [5.41, 5.74) is 0. The standard InChI is InChI=1S/C8H12.CO.Co.2FH/c1-2-4-6-8-7-5-3-1;1-2;;;/h1-4H,5-8H2;;;2*1H/q;;+2;;/p-2. The molecule has 0 saturated carbocycles. The van der Waals surface area contributed by atoms with Gasteiger partial charge in [-0.2, -0.15) is 0 Å². The molecule has 0 saturated heterocycles. The second-order valence-electron chi connectivity index (χ2n) is 2.21. The average Bonchev–Trinajstić information content (AvgIpc) is 1.86.